The topological polar surface area (TPSA) is 12.0 Å². The van der Waals surface area contributed by atoms with Crippen molar-refractivity contribution in [2.75, 3.05) is 0 Å². The molecule has 0 radical (unpaired) electrons. The normalized spacial score (nSPS) is 18.5. The van der Waals surface area contributed by atoms with Crippen molar-refractivity contribution in [3.8, 4) is 0 Å². The second kappa shape index (κ2) is 5.88. The zero-order chi connectivity index (χ0) is 12.3. The maximum atomic E-state index is 6.04. The largest absolute Gasteiger partial charge is 0.311 e. The summed E-state index contributed by atoms with van der Waals surface area (Å²) in [6, 6.07) is 7.66. The van der Waals surface area contributed by atoms with Gasteiger partial charge in [0.15, 0.2) is 0 Å². The fourth-order valence-corrected chi connectivity index (χ4v) is 2.86. The summed E-state index contributed by atoms with van der Waals surface area (Å²) in [6.07, 6.45) is 6.58. The third kappa shape index (κ3) is 3.72. The lowest BCUT2D eigenvalue weighted by atomic mass is 10.0. The molecule has 1 nitrogen and oxygen atoms in total. The second-order valence-electron chi connectivity index (χ2n) is 5.34. The lowest BCUT2D eigenvalue weighted by Gasteiger charge is -2.19. The van der Waals surface area contributed by atoms with Crippen LogP contribution in [0, 0.1) is 6.92 Å². The molecule has 1 fully saturated rings. The number of rotatable bonds is 4. The lowest BCUT2D eigenvalue weighted by molar-refractivity contribution is 0.448. The molecule has 0 spiro atoms. The highest BCUT2D eigenvalue weighted by atomic mass is 35.5. The van der Waals surface area contributed by atoms with Gasteiger partial charge in [0, 0.05) is 17.1 Å². The smallest absolute Gasteiger partial charge is 0.0435 e. The van der Waals surface area contributed by atoms with Gasteiger partial charge >= 0.3 is 0 Å². The van der Waals surface area contributed by atoms with Crippen molar-refractivity contribution in [1.29, 1.82) is 0 Å². The zero-order valence-electron chi connectivity index (χ0n) is 10.8. The first-order chi connectivity index (χ1) is 8.15. The first kappa shape index (κ1) is 12.9. The molecule has 0 bridgehead atoms. The highest BCUT2D eigenvalue weighted by Crippen LogP contribution is 2.20. The van der Waals surface area contributed by atoms with Crippen LogP contribution in [0.2, 0.25) is 5.02 Å². The Balaban J connectivity index is 1.88. The van der Waals surface area contributed by atoms with Gasteiger partial charge < -0.3 is 5.32 Å². The van der Waals surface area contributed by atoms with Crippen LogP contribution in [0.5, 0.6) is 0 Å². The van der Waals surface area contributed by atoms with Gasteiger partial charge in [0.1, 0.15) is 0 Å². The Morgan fingerprint density at radius 1 is 1.35 bits per heavy atom. The second-order valence-corrected chi connectivity index (χ2v) is 5.74. The van der Waals surface area contributed by atoms with E-state index in [1.807, 2.05) is 6.07 Å². The van der Waals surface area contributed by atoms with Crippen molar-refractivity contribution >= 4 is 11.6 Å². The molecule has 1 atom stereocenters. The molecule has 0 amide bonds. The Hall–Kier alpha value is -0.530. The monoisotopic (exact) mass is 251 g/mol. The Labute approximate surface area is 110 Å². The summed E-state index contributed by atoms with van der Waals surface area (Å²) in [7, 11) is 0. The fourth-order valence-electron chi connectivity index (χ4n) is 2.74. The summed E-state index contributed by atoms with van der Waals surface area (Å²) in [5, 5.41) is 4.59. The summed E-state index contributed by atoms with van der Waals surface area (Å²) in [6.45, 7) is 4.35. The van der Waals surface area contributed by atoms with Gasteiger partial charge in [-0.25, -0.2) is 0 Å². The van der Waals surface area contributed by atoms with E-state index in [2.05, 4.69) is 31.3 Å². The highest BCUT2D eigenvalue weighted by Gasteiger charge is 2.16. The molecule has 1 aliphatic carbocycles. The van der Waals surface area contributed by atoms with Crippen LogP contribution < -0.4 is 5.32 Å². The third-order valence-corrected chi connectivity index (χ3v) is 4.06. The van der Waals surface area contributed by atoms with Crippen LogP contribution in [-0.2, 0) is 6.42 Å². The van der Waals surface area contributed by atoms with Gasteiger partial charge in [0.05, 0.1) is 0 Å². The molecular weight excluding hydrogens is 230 g/mol. The van der Waals surface area contributed by atoms with Crippen LogP contribution in [0.15, 0.2) is 18.2 Å². The van der Waals surface area contributed by atoms with Crippen LogP contribution in [-0.4, -0.2) is 12.1 Å². The molecule has 17 heavy (non-hydrogen) atoms. The van der Waals surface area contributed by atoms with Crippen LogP contribution in [0.3, 0.4) is 0 Å². The summed E-state index contributed by atoms with van der Waals surface area (Å²) in [5.74, 6) is 0. The molecule has 94 valence electrons. The Morgan fingerprint density at radius 3 is 2.71 bits per heavy atom. The Kier molecular flexibility index (Phi) is 4.47. The van der Waals surface area contributed by atoms with E-state index in [4.69, 9.17) is 11.6 Å². The minimum Gasteiger partial charge on any atom is -0.311 e. The average molecular weight is 252 g/mol. The third-order valence-electron chi connectivity index (χ3n) is 3.64. The van der Waals surface area contributed by atoms with E-state index in [0.717, 1.165) is 17.5 Å². The molecule has 1 unspecified atom stereocenters. The lowest BCUT2D eigenvalue weighted by Crippen LogP contribution is -2.35. The summed E-state index contributed by atoms with van der Waals surface area (Å²) >= 11 is 6.04. The number of hydrogen-bond acceptors (Lipinski definition) is 1. The minimum atomic E-state index is 0.554. The predicted octanol–water partition coefficient (Wildman–Crippen LogP) is 4.11. The summed E-state index contributed by atoms with van der Waals surface area (Å²) in [5.41, 5.74) is 2.56. The van der Waals surface area contributed by atoms with E-state index >= 15 is 0 Å². The molecule has 2 heteroatoms. The van der Waals surface area contributed by atoms with Gasteiger partial charge in [-0.05, 0) is 50.3 Å². The molecule has 1 aromatic carbocycles. The zero-order valence-corrected chi connectivity index (χ0v) is 11.6. The first-order valence-corrected chi connectivity index (χ1v) is 7.04. The average Bonchev–Trinajstić information content (AvgIpc) is 2.76. The maximum Gasteiger partial charge on any atom is 0.0435 e. The molecule has 0 aromatic heterocycles. The van der Waals surface area contributed by atoms with Crippen LogP contribution in [0.25, 0.3) is 0 Å². The number of nitrogens with one attached hydrogen (secondary N) is 1. The number of hydrogen-bond donors (Lipinski definition) is 1. The van der Waals surface area contributed by atoms with E-state index in [0.29, 0.717) is 6.04 Å². The van der Waals surface area contributed by atoms with Gasteiger partial charge in [-0.2, -0.15) is 0 Å². The van der Waals surface area contributed by atoms with Crippen molar-refractivity contribution in [2.45, 2.75) is 58.0 Å². The van der Waals surface area contributed by atoms with Crippen molar-refractivity contribution in [1.82, 2.24) is 5.32 Å². The van der Waals surface area contributed by atoms with E-state index < -0.39 is 0 Å². The fraction of sp³-hybridized carbons (Fsp3) is 0.600. The highest BCUT2D eigenvalue weighted by molar-refractivity contribution is 6.31. The Bertz CT molecular complexity index is 369. The van der Waals surface area contributed by atoms with Gasteiger partial charge in [-0.15, -0.1) is 0 Å². The standard InChI is InChI=1S/C15H22ClN/c1-11-9-13(7-8-15(11)16)10-12(2)17-14-5-3-4-6-14/h7-9,12,14,17H,3-6,10H2,1-2H3. The van der Waals surface area contributed by atoms with E-state index in [-0.39, 0.29) is 0 Å². The molecule has 1 aliphatic rings. The molecule has 2 rings (SSSR count). The van der Waals surface area contributed by atoms with Gasteiger partial charge in [0.2, 0.25) is 0 Å². The predicted molar refractivity (Wildman–Crippen MR) is 74.7 cm³/mol. The molecule has 0 heterocycles. The quantitative estimate of drug-likeness (QED) is 0.849. The van der Waals surface area contributed by atoms with E-state index in [1.54, 1.807) is 0 Å². The van der Waals surface area contributed by atoms with Crippen LogP contribution in [0.4, 0.5) is 0 Å². The molecular formula is C15H22ClN. The number of benzene rings is 1. The van der Waals surface area contributed by atoms with Crippen LogP contribution in [0.1, 0.15) is 43.7 Å². The van der Waals surface area contributed by atoms with Gasteiger partial charge in [-0.1, -0.05) is 36.6 Å². The molecule has 0 saturated heterocycles. The van der Waals surface area contributed by atoms with E-state index in [9.17, 15) is 0 Å². The molecule has 0 aliphatic heterocycles. The van der Waals surface area contributed by atoms with E-state index in [1.165, 1.54) is 36.8 Å². The van der Waals surface area contributed by atoms with Crippen LogP contribution >= 0.6 is 11.6 Å². The van der Waals surface area contributed by atoms with Crippen molar-refractivity contribution in [3.05, 3.63) is 34.3 Å². The van der Waals surface area contributed by atoms with Crippen molar-refractivity contribution in [2.24, 2.45) is 0 Å². The Morgan fingerprint density at radius 2 is 2.06 bits per heavy atom. The summed E-state index contributed by atoms with van der Waals surface area (Å²) < 4.78 is 0. The molecule has 1 aromatic rings. The van der Waals surface area contributed by atoms with Crippen molar-refractivity contribution in [3.63, 3.8) is 0 Å². The number of aryl methyl sites for hydroxylation is 1. The van der Waals surface area contributed by atoms with Crippen molar-refractivity contribution < 1.29 is 0 Å². The molecule has 1 saturated carbocycles. The first-order valence-electron chi connectivity index (χ1n) is 6.66. The minimum absolute atomic E-state index is 0.554. The van der Waals surface area contributed by atoms with Gasteiger partial charge in [-0.3, -0.25) is 0 Å². The maximum absolute atomic E-state index is 6.04. The number of halogens is 1. The SMILES string of the molecule is Cc1cc(CC(C)NC2CCCC2)ccc1Cl. The molecule has 1 N–H and O–H groups in total. The summed E-state index contributed by atoms with van der Waals surface area (Å²) in [4.78, 5) is 0. The van der Waals surface area contributed by atoms with Gasteiger partial charge in [0.25, 0.3) is 0 Å².